The molecule has 0 aliphatic heterocycles. The average molecular weight is 380 g/mol. The molecule has 0 aliphatic rings. The molecule has 140 valence electrons. The van der Waals surface area contributed by atoms with Gasteiger partial charge in [0.25, 0.3) is 0 Å². The average Bonchev–Trinajstić information content (AvgIpc) is 2.95. The number of nitrogens with one attached hydrogen (secondary N) is 1. The number of carbonyl (C=O) groups is 2. The Hall–Kier alpha value is -2.72. The van der Waals surface area contributed by atoms with Gasteiger partial charge in [0.15, 0.2) is 5.82 Å². The fourth-order valence-corrected chi connectivity index (χ4v) is 2.75. The first-order valence-electron chi connectivity index (χ1n) is 7.75. The zero-order valence-electron chi connectivity index (χ0n) is 14.4. The van der Waals surface area contributed by atoms with Crippen molar-refractivity contribution in [3.8, 4) is 0 Å². The van der Waals surface area contributed by atoms with Gasteiger partial charge in [-0.1, -0.05) is 17.3 Å². The molecule has 2 aromatic rings. The second kappa shape index (κ2) is 8.11. The number of aromatic nitrogens is 1. The summed E-state index contributed by atoms with van der Waals surface area (Å²) in [6.07, 6.45) is 0.459. The normalized spacial score (nSPS) is 11.2. The van der Waals surface area contributed by atoms with Crippen molar-refractivity contribution in [1.82, 2.24) is 10.1 Å². The number of anilines is 1. The van der Waals surface area contributed by atoms with Crippen molar-refractivity contribution in [1.29, 1.82) is 0 Å². The van der Waals surface area contributed by atoms with E-state index in [1.54, 1.807) is 25.1 Å². The minimum Gasteiger partial charge on any atom is -0.360 e. The fraction of sp³-hybridized carbons (Fsp3) is 0.312. The van der Waals surface area contributed by atoms with Gasteiger partial charge in [-0.05, 0) is 31.0 Å². The van der Waals surface area contributed by atoms with Crippen LogP contribution in [0.3, 0.4) is 0 Å². The molecule has 2 rings (SSSR count). The molecule has 0 bridgehead atoms. The number of benzene rings is 1. The molecule has 1 aromatic heterocycles. The Bertz CT molecular complexity index is 890. The summed E-state index contributed by atoms with van der Waals surface area (Å²) in [5.41, 5.74) is 0.816. The summed E-state index contributed by atoms with van der Waals surface area (Å²) in [6, 6.07) is 7.63. The number of carbonyl (C=O) groups excluding carboxylic acids is 2. The number of amides is 2. The quantitative estimate of drug-likeness (QED) is 0.724. The molecule has 3 N–H and O–H groups in total. The Balaban J connectivity index is 1.93. The Labute approximate surface area is 151 Å². The van der Waals surface area contributed by atoms with E-state index in [0.29, 0.717) is 18.7 Å². The van der Waals surface area contributed by atoms with E-state index in [0.717, 1.165) is 5.56 Å². The van der Waals surface area contributed by atoms with Crippen LogP contribution in [-0.2, 0) is 26.0 Å². The summed E-state index contributed by atoms with van der Waals surface area (Å²) < 4.78 is 27.3. The molecule has 2 amide bonds. The van der Waals surface area contributed by atoms with Crippen LogP contribution >= 0.6 is 0 Å². The highest BCUT2D eigenvalue weighted by molar-refractivity contribution is 7.89. The molecule has 0 unspecified atom stereocenters. The van der Waals surface area contributed by atoms with E-state index in [1.807, 2.05) is 0 Å². The lowest BCUT2D eigenvalue weighted by atomic mass is 10.1. The number of nitrogens with zero attached hydrogens (tertiary/aromatic N) is 2. The minimum absolute atomic E-state index is 0.0203. The third-order valence-corrected chi connectivity index (χ3v) is 4.53. The molecule has 0 saturated carbocycles. The van der Waals surface area contributed by atoms with E-state index in [1.165, 1.54) is 24.0 Å². The van der Waals surface area contributed by atoms with Gasteiger partial charge in [-0.2, -0.15) is 0 Å². The maximum absolute atomic E-state index is 12.0. The van der Waals surface area contributed by atoms with Crippen LogP contribution in [0, 0.1) is 6.92 Å². The highest BCUT2D eigenvalue weighted by Gasteiger charge is 2.15. The first kappa shape index (κ1) is 19.6. The van der Waals surface area contributed by atoms with Crippen molar-refractivity contribution in [2.75, 3.05) is 18.4 Å². The van der Waals surface area contributed by atoms with Gasteiger partial charge in [0.05, 0.1) is 11.4 Å². The predicted octanol–water partition coefficient (Wildman–Crippen LogP) is 0.660. The van der Waals surface area contributed by atoms with Crippen molar-refractivity contribution in [2.24, 2.45) is 5.14 Å². The van der Waals surface area contributed by atoms with E-state index in [9.17, 15) is 18.0 Å². The first-order chi connectivity index (χ1) is 12.1. The van der Waals surface area contributed by atoms with E-state index in [-0.39, 0.29) is 23.2 Å². The predicted molar refractivity (Wildman–Crippen MR) is 93.6 cm³/mol. The highest BCUT2D eigenvalue weighted by Crippen LogP contribution is 2.10. The maximum atomic E-state index is 12.0. The van der Waals surface area contributed by atoms with Crippen LogP contribution in [-0.4, -0.2) is 43.4 Å². The molecule has 1 heterocycles. The smallest absolute Gasteiger partial charge is 0.245 e. The van der Waals surface area contributed by atoms with Gasteiger partial charge in [-0.25, -0.2) is 13.6 Å². The first-order valence-corrected chi connectivity index (χ1v) is 9.30. The number of sulfonamides is 1. The van der Waals surface area contributed by atoms with Crippen molar-refractivity contribution < 1.29 is 22.5 Å². The van der Waals surface area contributed by atoms with E-state index in [2.05, 4.69) is 10.5 Å². The van der Waals surface area contributed by atoms with Gasteiger partial charge in [-0.3, -0.25) is 9.59 Å². The van der Waals surface area contributed by atoms with Crippen LogP contribution in [0.2, 0.25) is 0 Å². The molecule has 10 heteroatoms. The lowest BCUT2D eigenvalue weighted by Gasteiger charge is -2.20. The Morgan fingerprint density at radius 2 is 1.92 bits per heavy atom. The largest absolute Gasteiger partial charge is 0.360 e. The fourth-order valence-electron chi connectivity index (χ4n) is 2.24. The van der Waals surface area contributed by atoms with Gasteiger partial charge < -0.3 is 14.7 Å². The zero-order chi connectivity index (χ0) is 19.3. The topological polar surface area (TPSA) is 136 Å². The third kappa shape index (κ3) is 5.67. The minimum atomic E-state index is -3.74. The van der Waals surface area contributed by atoms with Gasteiger partial charge >= 0.3 is 0 Å². The summed E-state index contributed by atoms with van der Waals surface area (Å²) in [5.74, 6) is 0.206. The highest BCUT2D eigenvalue weighted by atomic mass is 32.2. The molecule has 0 saturated heterocycles. The summed E-state index contributed by atoms with van der Waals surface area (Å²) in [4.78, 5) is 25.2. The van der Waals surface area contributed by atoms with E-state index < -0.39 is 15.9 Å². The molecule has 26 heavy (non-hydrogen) atoms. The molecular formula is C16H20N4O5S. The second-order valence-electron chi connectivity index (χ2n) is 5.75. The summed E-state index contributed by atoms with van der Waals surface area (Å²) >= 11 is 0. The van der Waals surface area contributed by atoms with Gasteiger partial charge in [0, 0.05) is 19.5 Å². The lowest BCUT2D eigenvalue weighted by Crippen LogP contribution is -2.38. The number of hydrogen-bond acceptors (Lipinski definition) is 6. The molecule has 0 atom stereocenters. The summed E-state index contributed by atoms with van der Waals surface area (Å²) in [7, 11) is -3.74. The van der Waals surface area contributed by atoms with Crippen LogP contribution in [0.5, 0.6) is 0 Å². The van der Waals surface area contributed by atoms with E-state index in [4.69, 9.17) is 9.66 Å². The van der Waals surface area contributed by atoms with Gasteiger partial charge in [0.2, 0.25) is 21.8 Å². The standard InChI is InChI=1S/C16H20N4O5S/c1-11-9-15(19-25-11)18-16(22)10-20(12(2)21)8-7-13-3-5-14(6-4-13)26(17,23)24/h3-6,9H,7-8,10H2,1-2H3,(H2,17,23,24)(H,18,19,22). The molecular weight excluding hydrogens is 360 g/mol. The lowest BCUT2D eigenvalue weighted by molar-refractivity contribution is -0.132. The molecule has 0 spiro atoms. The van der Waals surface area contributed by atoms with E-state index >= 15 is 0 Å². The third-order valence-electron chi connectivity index (χ3n) is 3.60. The van der Waals surface area contributed by atoms with Crippen molar-refractivity contribution in [3.05, 3.63) is 41.7 Å². The summed E-state index contributed by atoms with van der Waals surface area (Å²) in [6.45, 7) is 3.25. The molecule has 1 aromatic carbocycles. The van der Waals surface area contributed by atoms with Gasteiger partial charge in [0.1, 0.15) is 5.76 Å². The van der Waals surface area contributed by atoms with Crippen LogP contribution in [0.25, 0.3) is 0 Å². The van der Waals surface area contributed by atoms with Crippen molar-refractivity contribution >= 4 is 27.7 Å². The van der Waals surface area contributed by atoms with Crippen LogP contribution in [0.1, 0.15) is 18.2 Å². The van der Waals surface area contributed by atoms with Crippen LogP contribution < -0.4 is 10.5 Å². The molecule has 0 fully saturated rings. The number of aryl methyl sites for hydroxylation is 1. The Morgan fingerprint density at radius 3 is 2.42 bits per heavy atom. The molecule has 9 nitrogen and oxygen atoms in total. The number of rotatable bonds is 7. The zero-order valence-corrected chi connectivity index (χ0v) is 15.2. The summed E-state index contributed by atoms with van der Waals surface area (Å²) in [5, 5.41) is 11.3. The Morgan fingerprint density at radius 1 is 1.27 bits per heavy atom. The van der Waals surface area contributed by atoms with Crippen LogP contribution in [0.15, 0.2) is 39.8 Å². The monoisotopic (exact) mass is 380 g/mol. The number of primary sulfonamides is 1. The van der Waals surface area contributed by atoms with Crippen molar-refractivity contribution in [3.63, 3.8) is 0 Å². The molecule has 0 aliphatic carbocycles. The van der Waals surface area contributed by atoms with Crippen LogP contribution in [0.4, 0.5) is 5.82 Å². The van der Waals surface area contributed by atoms with Gasteiger partial charge in [-0.15, -0.1) is 0 Å². The maximum Gasteiger partial charge on any atom is 0.245 e. The molecule has 0 radical (unpaired) electrons. The number of hydrogen-bond donors (Lipinski definition) is 2. The van der Waals surface area contributed by atoms with Crippen molar-refractivity contribution in [2.45, 2.75) is 25.2 Å². The Kier molecular flexibility index (Phi) is 6.11. The number of nitrogens with two attached hydrogens (primary N) is 1. The SMILES string of the molecule is CC(=O)N(CCc1ccc(S(N)(=O)=O)cc1)CC(=O)Nc1cc(C)on1. The second-order valence-corrected chi connectivity index (χ2v) is 7.31.